The highest BCUT2D eigenvalue weighted by molar-refractivity contribution is 7.12. The van der Waals surface area contributed by atoms with Crippen molar-refractivity contribution in [1.82, 2.24) is 20.9 Å². The minimum atomic E-state index is -0.364. The van der Waals surface area contributed by atoms with Crippen LogP contribution < -0.4 is 16.0 Å². The Balaban J connectivity index is 1.70. The average molecular weight is 338 g/mol. The summed E-state index contributed by atoms with van der Waals surface area (Å²) in [6.07, 6.45) is 0.525. The van der Waals surface area contributed by atoms with Crippen molar-refractivity contribution in [2.24, 2.45) is 0 Å². The van der Waals surface area contributed by atoms with Gasteiger partial charge < -0.3 is 16.0 Å². The minimum absolute atomic E-state index is 0.0592. The molecule has 1 aromatic rings. The molecule has 0 radical (unpaired) electrons. The van der Waals surface area contributed by atoms with Gasteiger partial charge in [0.1, 0.15) is 0 Å². The Kier molecular flexibility index (Phi) is 5.59. The molecule has 7 nitrogen and oxygen atoms in total. The van der Waals surface area contributed by atoms with Gasteiger partial charge in [0.05, 0.1) is 12.6 Å². The summed E-state index contributed by atoms with van der Waals surface area (Å²) in [4.78, 5) is 38.2. The zero-order valence-corrected chi connectivity index (χ0v) is 14.4. The SMILES string of the molecule is Cc1cc([C@H](C)NC(=O)NCCCN2C(=O)CNC2=O)c(C)s1. The molecule has 8 heteroatoms. The van der Waals surface area contributed by atoms with Crippen molar-refractivity contribution in [2.75, 3.05) is 19.6 Å². The summed E-state index contributed by atoms with van der Waals surface area (Å²) < 4.78 is 0. The monoisotopic (exact) mass is 338 g/mol. The van der Waals surface area contributed by atoms with E-state index in [0.717, 1.165) is 5.56 Å². The molecule has 1 atom stereocenters. The Morgan fingerprint density at radius 2 is 2.17 bits per heavy atom. The molecule has 0 spiro atoms. The van der Waals surface area contributed by atoms with Gasteiger partial charge in [0, 0.05) is 22.8 Å². The molecule has 5 amide bonds. The first kappa shape index (κ1) is 17.3. The van der Waals surface area contributed by atoms with E-state index in [4.69, 9.17) is 0 Å². The highest BCUT2D eigenvalue weighted by atomic mass is 32.1. The van der Waals surface area contributed by atoms with Crippen molar-refractivity contribution in [3.05, 3.63) is 21.4 Å². The Hall–Kier alpha value is -2.09. The quantitative estimate of drug-likeness (QED) is 0.544. The number of rotatable bonds is 6. The zero-order chi connectivity index (χ0) is 17.0. The number of carbonyl (C=O) groups is 3. The van der Waals surface area contributed by atoms with Crippen molar-refractivity contribution in [3.63, 3.8) is 0 Å². The van der Waals surface area contributed by atoms with Crippen molar-refractivity contribution in [3.8, 4) is 0 Å². The summed E-state index contributed by atoms with van der Waals surface area (Å²) in [5.74, 6) is -0.226. The Labute approximate surface area is 139 Å². The van der Waals surface area contributed by atoms with Gasteiger partial charge in [-0.15, -0.1) is 11.3 Å². The summed E-state index contributed by atoms with van der Waals surface area (Å²) in [5.41, 5.74) is 1.13. The fourth-order valence-corrected chi connectivity index (χ4v) is 3.55. The third kappa shape index (κ3) is 4.44. The average Bonchev–Trinajstić information content (AvgIpc) is 2.98. The van der Waals surface area contributed by atoms with Gasteiger partial charge in [0.25, 0.3) is 0 Å². The van der Waals surface area contributed by atoms with Crippen molar-refractivity contribution in [2.45, 2.75) is 33.2 Å². The van der Waals surface area contributed by atoms with Gasteiger partial charge in [-0.2, -0.15) is 0 Å². The molecule has 1 fully saturated rings. The number of nitrogens with one attached hydrogen (secondary N) is 3. The second kappa shape index (κ2) is 7.45. The summed E-state index contributed by atoms with van der Waals surface area (Å²) in [6.45, 7) is 6.80. The normalized spacial score (nSPS) is 15.5. The molecule has 2 rings (SSSR count). The second-order valence-corrected chi connectivity index (χ2v) is 7.01. The predicted molar refractivity (Wildman–Crippen MR) is 88.5 cm³/mol. The van der Waals surface area contributed by atoms with E-state index in [2.05, 4.69) is 22.0 Å². The highest BCUT2D eigenvalue weighted by Crippen LogP contribution is 2.25. The smallest absolute Gasteiger partial charge is 0.324 e. The molecule has 0 aromatic carbocycles. The van der Waals surface area contributed by atoms with Crippen LogP contribution in [0.2, 0.25) is 0 Å². The van der Waals surface area contributed by atoms with Crippen molar-refractivity contribution in [1.29, 1.82) is 0 Å². The van der Waals surface area contributed by atoms with E-state index in [1.165, 1.54) is 14.7 Å². The predicted octanol–water partition coefficient (Wildman–Crippen LogP) is 1.67. The van der Waals surface area contributed by atoms with Gasteiger partial charge in [0.2, 0.25) is 5.91 Å². The molecule has 1 aliphatic rings. The van der Waals surface area contributed by atoms with Crippen molar-refractivity contribution < 1.29 is 14.4 Å². The number of amides is 5. The highest BCUT2D eigenvalue weighted by Gasteiger charge is 2.27. The van der Waals surface area contributed by atoms with Crippen molar-refractivity contribution >= 4 is 29.3 Å². The summed E-state index contributed by atoms with van der Waals surface area (Å²) in [5, 5.41) is 8.10. The first-order valence-electron chi connectivity index (χ1n) is 7.58. The molecule has 126 valence electrons. The molecule has 23 heavy (non-hydrogen) atoms. The molecule has 2 heterocycles. The first-order valence-corrected chi connectivity index (χ1v) is 8.39. The number of hydrogen-bond acceptors (Lipinski definition) is 4. The lowest BCUT2D eigenvalue weighted by molar-refractivity contribution is -0.125. The molecule has 1 aromatic heterocycles. The maximum Gasteiger partial charge on any atom is 0.324 e. The molecular formula is C15H22N4O3S. The third-order valence-electron chi connectivity index (χ3n) is 3.67. The summed E-state index contributed by atoms with van der Waals surface area (Å²) >= 11 is 1.71. The number of hydrogen-bond donors (Lipinski definition) is 3. The largest absolute Gasteiger partial charge is 0.338 e. The van der Waals surface area contributed by atoms with Gasteiger partial charge in [0.15, 0.2) is 0 Å². The second-order valence-electron chi connectivity index (χ2n) is 5.55. The van der Waals surface area contributed by atoms with E-state index in [1.54, 1.807) is 11.3 Å². The number of carbonyl (C=O) groups excluding carboxylic acids is 3. The fourth-order valence-electron chi connectivity index (χ4n) is 2.53. The van der Waals surface area contributed by atoms with Crippen LogP contribution in [0, 0.1) is 13.8 Å². The van der Waals surface area contributed by atoms with Gasteiger partial charge in [-0.25, -0.2) is 9.59 Å². The number of thiophene rings is 1. The van der Waals surface area contributed by atoms with Crippen LogP contribution in [0.5, 0.6) is 0 Å². The van der Waals surface area contributed by atoms with Crippen LogP contribution >= 0.6 is 11.3 Å². The molecule has 1 saturated heterocycles. The van der Waals surface area contributed by atoms with E-state index in [9.17, 15) is 14.4 Å². The van der Waals surface area contributed by atoms with Crippen LogP contribution in [-0.2, 0) is 4.79 Å². The number of nitrogens with zero attached hydrogens (tertiary/aromatic N) is 1. The molecule has 0 aliphatic carbocycles. The van der Waals surface area contributed by atoms with E-state index < -0.39 is 0 Å². The van der Waals surface area contributed by atoms with E-state index in [0.29, 0.717) is 19.5 Å². The molecule has 3 N–H and O–H groups in total. The lowest BCUT2D eigenvalue weighted by Gasteiger charge is -2.16. The van der Waals surface area contributed by atoms with Gasteiger partial charge in [-0.3, -0.25) is 9.69 Å². The lowest BCUT2D eigenvalue weighted by atomic mass is 10.1. The topological polar surface area (TPSA) is 90.5 Å². The van der Waals surface area contributed by atoms with E-state index in [1.807, 2.05) is 20.8 Å². The van der Waals surface area contributed by atoms with E-state index >= 15 is 0 Å². The minimum Gasteiger partial charge on any atom is -0.338 e. The third-order valence-corrected chi connectivity index (χ3v) is 4.66. The summed E-state index contributed by atoms with van der Waals surface area (Å²) in [7, 11) is 0. The molecule has 1 aliphatic heterocycles. The Morgan fingerprint density at radius 1 is 1.43 bits per heavy atom. The van der Waals surface area contributed by atoms with Gasteiger partial charge in [-0.05, 0) is 38.8 Å². The van der Waals surface area contributed by atoms with Crippen LogP contribution in [0.25, 0.3) is 0 Å². The molecule has 0 saturated carbocycles. The lowest BCUT2D eigenvalue weighted by Crippen LogP contribution is -2.39. The van der Waals surface area contributed by atoms with Crippen LogP contribution in [0.4, 0.5) is 9.59 Å². The van der Waals surface area contributed by atoms with Crippen LogP contribution in [0.3, 0.4) is 0 Å². The molecule has 0 unspecified atom stereocenters. The number of aryl methyl sites for hydroxylation is 2. The molecule has 0 bridgehead atoms. The Bertz CT molecular complexity index is 598. The standard InChI is InChI=1S/C15H22N4O3S/c1-9-7-12(11(3)23-9)10(2)18-14(21)16-5-4-6-19-13(20)8-17-15(19)22/h7,10H,4-6,8H2,1-3H3,(H,17,22)(H2,16,18,21)/t10-/m0/s1. The first-order chi connectivity index (χ1) is 10.9. The number of urea groups is 2. The maximum atomic E-state index is 11.9. The van der Waals surface area contributed by atoms with Crippen LogP contribution in [-0.4, -0.2) is 42.5 Å². The van der Waals surface area contributed by atoms with Crippen LogP contribution in [0.1, 0.15) is 34.7 Å². The van der Waals surface area contributed by atoms with Gasteiger partial charge in [-0.1, -0.05) is 0 Å². The fraction of sp³-hybridized carbons (Fsp3) is 0.533. The van der Waals surface area contributed by atoms with E-state index in [-0.39, 0.29) is 30.6 Å². The number of imide groups is 1. The van der Waals surface area contributed by atoms with Gasteiger partial charge >= 0.3 is 12.1 Å². The maximum absolute atomic E-state index is 11.9. The Morgan fingerprint density at radius 3 is 2.74 bits per heavy atom. The molecular weight excluding hydrogens is 316 g/mol. The zero-order valence-electron chi connectivity index (χ0n) is 13.6. The summed E-state index contributed by atoms with van der Waals surface area (Å²) in [6, 6.07) is 1.41. The van der Waals surface area contributed by atoms with Crippen LogP contribution in [0.15, 0.2) is 6.07 Å².